The number of hydrogen-bond acceptors (Lipinski definition) is 4. The number of carbonyl (C=O) groups is 3. The minimum absolute atomic E-state index is 0.203. The van der Waals surface area contributed by atoms with Crippen molar-refractivity contribution < 1.29 is 19.1 Å². The fourth-order valence-electron chi connectivity index (χ4n) is 1.96. The second-order valence-corrected chi connectivity index (χ2v) is 4.72. The quantitative estimate of drug-likeness (QED) is 0.510. The molecule has 1 aromatic carbocycles. The van der Waals surface area contributed by atoms with Crippen LogP contribution in [0.1, 0.15) is 65.9 Å². The maximum atomic E-state index is 11.8. The average molecular weight is 351 g/mol. The molecule has 2 amide bonds. The van der Waals surface area contributed by atoms with Crippen LogP contribution in [0.25, 0.3) is 0 Å². The summed E-state index contributed by atoms with van der Waals surface area (Å²) in [7, 11) is 1.37. The first-order valence-corrected chi connectivity index (χ1v) is 9.05. The molecule has 0 aliphatic heterocycles. The summed E-state index contributed by atoms with van der Waals surface area (Å²) >= 11 is 0. The second-order valence-electron chi connectivity index (χ2n) is 4.72. The van der Waals surface area contributed by atoms with Crippen molar-refractivity contribution in [2.45, 2.75) is 66.7 Å². The fourth-order valence-corrected chi connectivity index (χ4v) is 1.96. The number of hydrogen-bond donors (Lipinski definition) is 0. The van der Waals surface area contributed by atoms with Gasteiger partial charge in [0.1, 0.15) is 0 Å². The summed E-state index contributed by atoms with van der Waals surface area (Å²) in [4.78, 5) is 35.0. The first-order chi connectivity index (χ1) is 12.1. The summed E-state index contributed by atoms with van der Waals surface area (Å²) in [5.41, 5.74) is 1.62. The SMILES string of the molecule is CC.CC.CCCC(=O)N(C=O)c1ccc(CCCC(=O)OC)cc1. The Morgan fingerprint density at radius 3 is 2.04 bits per heavy atom. The number of ether oxygens (including phenoxy) is 1. The van der Waals surface area contributed by atoms with Gasteiger partial charge in [-0.05, 0) is 37.0 Å². The Hall–Kier alpha value is -2.17. The van der Waals surface area contributed by atoms with E-state index >= 15 is 0 Å². The number of esters is 1. The average Bonchev–Trinajstić information content (AvgIpc) is 2.67. The van der Waals surface area contributed by atoms with Gasteiger partial charge in [-0.25, -0.2) is 0 Å². The highest BCUT2D eigenvalue weighted by Crippen LogP contribution is 2.16. The van der Waals surface area contributed by atoms with Crippen LogP contribution in [0.3, 0.4) is 0 Å². The molecule has 0 bridgehead atoms. The van der Waals surface area contributed by atoms with Gasteiger partial charge in [-0.15, -0.1) is 0 Å². The van der Waals surface area contributed by atoms with Crippen LogP contribution in [0.5, 0.6) is 0 Å². The van der Waals surface area contributed by atoms with E-state index in [9.17, 15) is 14.4 Å². The van der Waals surface area contributed by atoms with Crippen molar-refractivity contribution in [3.63, 3.8) is 0 Å². The Bertz CT molecular complexity index is 483. The topological polar surface area (TPSA) is 63.7 Å². The minimum Gasteiger partial charge on any atom is -0.469 e. The standard InChI is InChI=1S/C16H21NO4.2C2H6/c1-3-5-15(19)17(12-18)14-10-8-13(9-11-14)6-4-7-16(20)21-2;2*1-2/h8-12H,3-7H2,1-2H3;2*1-2H3. The Morgan fingerprint density at radius 2 is 1.60 bits per heavy atom. The van der Waals surface area contributed by atoms with E-state index in [0.717, 1.165) is 16.9 Å². The zero-order valence-corrected chi connectivity index (χ0v) is 16.5. The van der Waals surface area contributed by atoms with E-state index in [4.69, 9.17) is 0 Å². The molecule has 0 heterocycles. The Labute approximate surface area is 152 Å². The van der Waals surface area contributed by atoms with Crippen LogP contribution < -0.4 is 4.90 Å². The Morgan fingerprint density at radius 1 is 1.04 bits per heavy atom. The third kappa shape index (κ3) is 10.3. The predicted octanol–water partition coefficient (Wildman–Crippen LogP) is 4.52. The van der Waals surface area contributed by atoms with Crippen molar-refractivity contribution in [3.05, 3.63) is 29.8 Å². The smallest absolute Gasteiger partial charge is 0.305 e. The number of aryl methyl sites for hydroxylation is 1. The molecule has 0 aliphatic rings. The Balaban J connectivity index is 0. The molecule has 0 saturated heterocycles. The molecule has 0 aromatic heterocycles. The molecule has 0 aliphatic carbocycles. The summed E-state index contributed by atoms with van der Waals surface area (Å²) in [6, 6.07) is 7.22. The van der Waals surface area contributed by atoms with Crippen LogP contribution >= 0.6 is 0 Å². The first-order valence-electron chi connectivity index (χ1n) is 9.05. The molecule has 0 fully saturated rings. The molecular weight excluding hydrogens is 318 g/mol. The fraction of sp³-hybridized carbons (Fsp3) is 0.550. The number of nitrogens with zero attached hydrogens (tertiary/aromatic N) is 1. The van der Waals surface area contributed by atoms with Crippen LogP contribution in [-0.2, 0) is 25.5 Å². The predicted molar refractivity (Wildman–Crippen MR) is 103 cm³/mol. The number of rotatable bonds is 8. The van der Waals surface area contributed by atoms with Crippen LogP contribution in [0.2, 0.25) is 0 Å². The van der Waals surface area contributed by atoms with Crippen LogP contribution in [0.15, 0.2) is 24.3 Å². The van der Waals surface area contributed by atoms with E-state index in [1.54, 1.807) is 12.1 Å². The third-order valence-electron chi connectivity index (χ3n) is 3.13. The summed E-state index contributed by atoms with van der Waals surface area (Å²) in [6.07, 6.45) is 3.43. The highest BCUT2D eigenvalue weighted by molar-refractivity contribution is 6.06. The maximum Gasteiger partial charge on any atom is 0.305 e. The number of methoxy groups -OCH3 is 1. The summed E-state index contributed by atoms with van der Waals surface area (Å²) in [5.74, 6) is -0.421. The van der Waals surface area contributed by atoms with E-state index in [2.05, 4.69) is 4.74 Å². The summed E-state index contributed by atoms with van der Waals surface area (Å²) in [6.45, 7) is 9.89. The molecule has 5 heteroatoms. The molecule has 0 saturated carbocycles. The molecule has 25 heavy (non-hydrogen) atoms. The summed E-state index contributed by atoms with van der Waals surface area (Å²) < 4.78 is 4.58. The number of anilines is 1. The molecule has 0 N–H and O–H groups in total. The normalized spacial score (nSPS) is 8.88. The lowest BCUT2D eigenvalue weighted by Crippen LogP contribution is -2.28. The first kappa shape index (κ1) is 25.1. The van der Waals surface area contributed by atoms with Gasteiger partial charge in [-0.1, -0.05) is 46.8 Å². The highest BCUT2D eigenvalue weighted by atomic mass is 16.5. The molecule has 0 atom stereocenters. The minimum atomic E-state index is -0.219. The van der Waals surface area contributed by atoms with Crippen molar-refractivity contribution in [1.29, 1.82) is 0 Å². The number of benzene rings is 1. The lowest BCUT2D eigenvalue weighted by molar-refractivity contribution is -0.140. The van der Waals surface area contributed by atoms with Crippen molar-refractivity contribution in [1.82, 2.24) is 0 Å². The largest absolute Gasteiger partial charge is 0.469 e. The monoisotopic (exact) mass is 351 g/mol. The zero-order chi connectivity index (χ0) is 19.7. The summed E-state index contributed by atoms with van der Waals surface area (Å²) in [5, 5.41) is 0. The van der Waals surface area contributed by atoms with Gasteiger partial charge in [0.05, 0.1) is 12.8 Å². The van der Waals surface area contributed by atoms with E-state index in [-0.39, 0.29) is 11.9 Å². The Kier molecular flexibility index (Phi) is 16.7. The molecule has 142 valence electrons. The van der Waals surface area contributed by atoms with Gasteiger partial charge in [-0.3, -0.25) is 19.3 Å². The molecule has 1 aromatic rings. The van der Waals surface area contributed by atoms with E-state index in [0.29, 0.717) is 37.8 Å². The van der Waals surface area contributed by atoms with E-state index in [1.807, 2.05) is 46.8 Å². The molecule has 1 rings (SSSR count). The van der Waals surface area contributed by atoms with Crippen molar-refractivity contribution >= 4 is 24.0 Å². The molecule has 0 unspecified atom stereocenters. The lowest BCUT2D eigenvalue weighted by Gasteiger charge is -2.15. The molecular formula is C20H33NO4. The lowest BCUT2D eigenvalue weighted by atomic mass is 10.1. The molecule has 0 radical (unpaired) electrons. The van der Waals surface area contributed by atoms with Gasteiger partial charge in [-0.2, -0.15) is 0 Å². The highest BCUT2D eigenvalue weighted by Gasteiger charge is 2.13. The van der Waals surface area contributed by atoms with Gasteiger partial charge in [0, 0.05) is 12.8 Å². The molecule has 0 spiro atoms. The van der Waals surface area contributed by atoms with E-state index < -0.39 is 0 Å². The molecule has 5 nitrogen and oxygen atoms in total. The van der Waals surface area contributed by atoms with Gasteiger partial charge >= 0.3 is 5.97 Å². The third-order valence-corrected chi connectivity index (χ3v) is 3.13. The number of amides is 2. The zero-order valence-electron chi connectivity index (χ0n) is 16.5. The number of carbonyl (C=O) groups excluding carboxylic acids is 3. The van der Waals surface area contributed by atoms with Gasteiger partial charge in [0.2, 0.25) is 12.3 Å². The van der Waals surface area contributed by atoms with Crippen molar-refractivity contribution in [2.75, 3.05) is 12.0 Å². The second kappa shape index (κ2) is 16.7. The van der Waals surface area contributed by atoms with Gasteiger partial charge in [0.25, 0.3) is 0 Å². The number of imide groups is 1. The van der Waals surface area contributed by atoms with Crippen molar-refractivity contribution in [2.24, 2.45) is 0 Å². The van der Waals surface area contributed by atoms with Gasteiger partial charge in [0.15, 0.2) is 0 Å². The van der Waals surface area contributed by atoms with Crippen LogP contribution in [0.4, 0.5) is 5.69 Å². The van der Waals surface area contributed by atoms with Crippen LogP contribution in [-0.4, -0.2) is 25.4 Å². The van der Waals surface area contributed by atoms with Gasteiger partial charge < -0.3 is 4.74 Å². The van der Waals surface area contributed by atoms with E-state index in [1.165, 1.54) is 7.11 Å². The van der Waals surface area contributed by atoms with Crippen molar-refractivity contribution in [3.8, 4) is 0 Å². The maximum absolute atomic E-state index is 11.8. The van der Waals surface area contributed by atoms with Crippen LogP contribution in [0, 0.1) is 0 Å².